The largest absolute Gasteiger partial charge is 0.497 e. The lowest BCUT2D eigenvalue weighted by Crippen LogP contribution is -2.08. The molecule has 19 heavy (non-hydrogen) atoms. The van der Waals surface area contributed by atoms with E-state index >= 15 is 0 Å². The highest BCUT2D eigenvalue weighted by molar-refractivity contribution is 14.0. The molecule has 0 aliphatic rings. The van der Waals surface area contributed by atoms with Crippen LogP contribution in [0.4, 0.5) is 0 Å². The average Bonchev–Trinajstić information content (AvgIpc) is 2.88. The van der Waals surface area contributed by atoms with Crippen molar-refractivity contribution in [2.24, 2.45) is 0 Å². The second kappa shape index (κ2) is 8.11. The molecule has 0 radical (unpaired) electrons. The average molecular weight is 375 g/mol. The smallest absolute Gasteiger partial charge is 0.227 e. The van der Waals surface area contributed by atoms with Crippen LogP contribution in [0.25, 0.3) is 11.4 Å². The van der Waals surface area contributed by atoms with Gasteiger partial charge in [-0.15, -0.1) is 24.0 Å². The first-order chi connectivity index (χ1) is 8.83. The van der Waals surface area contributed by atoms with Crippen LogP contribution in [0, 0.1) is 0 Å². The fraction of sp³-hybridized carbons (Fsp3) is 0.385. The summed E-state index contributed by atoms with van der Waals surface area (Å²) < 4.78 is 10.3. The Bertz CT molecular complexity index is 485. The van der Waals surface area contributed by atoms with Crippen LogP contribution in [-0.2, 0) is 6.42 Å². The molecule has 0 fully saturated rings. The first-order valence-electron chi connectivity index (χ1n) is 5.95. The van der Waals surface area contributed by atoms with Crippen LogP contribution in [0.3, 0.4) is 0 Å². The summed E-state index contributed by atoms with van der Waals surface area (Å²) in [6, 6.07) is 7.60. The van der Waals surface area contributed by atoms with E-state index in [1.165, 1.54) is 0 Å². The summed E-state index contributed by atoms with van der Waals surface area (Å²) in [5.41, 5.74) is 0.930. The minimum atomic E-state index is 0. The quantitative estimate of drug-likeness (QED) is 0.621. The number of aromatic nitrogens is 2. The van der Waals surface area contributed by atoms with Gasteiger partial charge in [0.2, 0.25) is 11.7 Å². The SMILES string of the molecule is CNCCCc1nc(-c2ccc(OC)cc2)no1.I. The summed E-state index contributed by atoms with van der Waals surface area (Å²) in [4.78, 5) is 4.36. The molecule has 5 nitrogen and oxygen atoms in total. The molecule has 0 aliphatic carbocycles. The number of hydrogen-bond acceptors (Lipinski definition) is 5. The van der Waals surface area contributed by atoms with Gasteiger partial charge in [0.05, 0.1) is 7.11 Å². The Hall–Kier alpha value is -1.15. The summed E-state index contributed by atoms with van der Waals surface area (Å²) >= 11 is 0. The lowest BCUT2D eigenvalue weighted by molar-refractivity contribution is 0.375. The van der Waals surface area contributed by atoms with Crippen LogP contribution in [0.5, 0.6) is 5.75 Å². The number of hydrogen-bond donors (Lipinski definition) is 1. The van der Waals surface area contributed by atoms with Gasteiger partial charge in [-0.3, -0.25) is 0 Å². The molecule has 0 unspecified atom stereocenters. The van der Waals surface area contributed by atoms with Crippen LogP contribution >= 0.6 is 24.0 Å². The summed E-state index contributed by atoms with van der Waals surface area (Å²) in [7, 11) is 3.57. The van der Waals surface area contributed by atoms with Gasteiger partial charge < -0.3 is 14.6 Å². The Morgan fingerprint density at radius 1 is 1.26 bits per heavy atom. The minimum absolute atomic E-state index is 0. The molecule has 0 spiro atoms. The predicted octanol–water partition coefficient (Wildman–Crippen LogP) is 2.52. The van der Waals surface area contributed by atoms with Gasteiger partial charge in [-0.05, 0) is 44.3 Å². The lowest BCUT2D eigenvalue weighted by atomic mass is 10.2. The molecule has 0 bridgehead atoms. The molecular weight excluding hydrogens is 357 g/mol. The molecule has 1 aromatic heterocycles. The standard InChI is InChI=1S/C13H17N3O2.HI/c1-14-9-3-4-12-15-13(16-18-12)10-5-7-11(17-2)8-6-10;/h5-8,14H,3-4,9H2,1-2H3;1H. The second-order valence-corrected chi connectivity index (χ2v) is 3.95. The highest BCUT2D eigenvalue weighted by atomic mass is 127. The maximum Gasteiger partial charge on any atom is 0.227 e. The van der Waals surface area contributed by atoms with Gasteiger partial charge in [-0.2, -0.15) is 4.98 Å². The van der Waals surface area contributed by atoms with E-state index < -0.39 is 0 Å². The topological polar surface area (TPSA) is 60.2 Å². The number of rotatable bonds is 6. The van der Waals surface area contributed by atoms with Crippen LogP contribution < -0.4 is 10.1 Å². The Morgan fingerprint density at radius 2 is 2.00 bits per heavy atom. The summed E-state index contributed by atoms with van der Waals surface area (Å²) in [6.45, 7) is 0.945. The van der Waals surface area contributed by atoms with E-state index in [-0.39, 0.29) is 24.0 Å². The van der Waals surface area contributed by atoms with Crippen LogP contribution in [0.15, 0.2) is 28.8 Å². The van der Waals surface area contributed by atoms with Crippen LogP contribution in [-0.4, -0.2) is 30.8 Å². The molecule has 1 aromatic carbocycles. The number of nitrogens with zero attached hydrogens (tertiary/aromatic N) is 2. The highest BCUT2D eigenvalue weighted by Gasteiger charge is 2.08. The lowest BCUT2D eigenvalue weighted by Gasteiger charge is -1.98. The Morgan fingerprint density at radius 3 is 2.63 bits per heavy atom. The third-order valence-corrected chi connectivity index (χ3v) is 2.63. The minimum Gasteiger partial charge on any atom is -0.497 e. The fourth-order valence-corrected chi connectivity index (χ4v) is 1.63. The predicted molar refractivity (Wildman–Crippen MR) is 83.9 cm³/mol. The van der Waals surface area contributed by atoms with Crippen molar-refractivity contribution >= 4 is 24.0 Å². The molecule has 1 N–H and O–H groups in total. The zero-order chi connectivity index (χ0) is 12.8. The molecule has 0 saturated carbocycles. The van der Waals surface area contributed by atoms with E-state index in [4.69, 9.17) is 9.26 Å². The normalized spacial score (nSPS) is 10.0. The number of halogens is 1. The summed E-state index contributed by atoms with van der Waals surface area (Å²) in [6.07, 6.45) is 1.78. The first kappa shape index (κ1) is 15.9. The number of benzene rings is 1. The van der Waals surface area contributed by atoms with Gasteiger partial charge in [0.25, 0.3) is 0 Å². The van der Waals surface area contributed by atoms with E-state index in [1.54, 1.807) is 7.11 Å². The molecule has 0 amide bonds. The third kappa shape index (κ3) is 4.46. The Balaban J connectivity index is 0.00000180. The monoisotopic (exact) mass is 375 g/mol. The molecule has 2 rings (SSSR count). The van der Waals surface area contributed by atoms with Crippen molar-refractivity contribution in [3.63, 3.8) is 0 Å². The van der Waals surface area contributed by atoms with Crippen molar-refractivity contribution in [1.82, 2.24) is 15.5 Å². The molecule has 1 heterocycles. The van der Waals surface area contributed by atoms with Gasteiger partial charge in [-0.1, -0.05) is 5.16 Å². The first-order valence-corrected chi connectivity index (χ1v) is 5.95. The van der Waals surface area contributed by atoms with E-state index in [2.05, 4.69) is 15.5 Å². The molecule has 104 valence electrons. The molecule has 6 heteroatoms. The highest BCUT2D eigenvalue weighted by Crippen LogP contribution is 2.19. The van der Waals surface area contributed by atoms with E-state index in [0.29, 0.717) is 11.7 Å². The number of methoxy groups -OCH3 is 1. The fourth-order valence-electron chi connectivity index (χ4n) is 1.63. The van der Waals surface area contributed by atoms with Crippen molar-refractivity contribution < 1.29 is 9.26 Å². The maximum atomic E-state index is 5.20. The molecule has 0 saturated heterocycles. The van der Waals surface area contributed by atoms with Crippen molar-refractivity contribution in [2.75, 3.05) is 20.7 Å². The van der Waals surface area contributed by atoms with E-state index in [9.17, 15) is 0 Å². The zero-order valence-corrected chi connectivity index (χ0v) is 13.4. The van der Waals surface area contributed by atoms with Crippen molar-refractivity contribution in [2.45, 2.75) is 12.8 Å². The van der Waals surface area contributed by atoms with Crippen molar-refractivity contribution in [1.29, 1.82) is 0 Å². The second-order valence-electron chi connectivity index (χ2n) is 3.95. The molecule has 0 aliphatic heterocycles. The summed E-state index contributed by atoms with van der Waals surface area (Å²) in [5, 5.41) is 7.06. The van der Waals surface area contributed by atoms with Crippen molar-refractivity contribution in [3.05, 3.63) is 30.2 Å². The molecule has 2 aromatic rings. The van der Waals surface area contributed by atoms with Gasteiger partial charge in [-0.25, -0.2) is 0 Å². The van der Waals surface area contributed by atoms with Crippen LogP contribution in [0.2, 0.25) is 0 Å². The van der Waals surface area contributed by atoms with E-state index in [0.717, 1.165) is 30.7 Å². The number of aryl methyl sites for hydroxylation is 1. The number of nitrogens with one attached hydrogen (secondary N) is 1. The summed E-state index contributed by atoms with van der Waals surface area (Å²) in [5.74, 6) is 2.12. The maximum absolute atomic E-state index is 5.20. The van der Waals surface area contributed by atoms with Gasteiger partial charge in [0.1, 0.15) is 5.75 Å². The van der Waals surface area contributed by atoms with Crippen LogP contribution in [0.1, 0.15) is 12.3 Å². The Labute approximate surface area is 129 Å². The van der Waals surface area contributed by atoms with Gasteiger partial charge >= 0.3 is 0 Å². The zero-order valence-electron chi connectivity index (χ0n) is 11.0. The van der Waals surface area contributed by atoms with Gasteiger partial charge in [0, 0.05) is 12.0 Å². The molecular formula is C13H18IN3O2. The molecule has 0 atom stereocenters. The van der Waals surface area contributed by atoms with E-state index in [1.807, 2.05) is 31.3 Å². The number of ether oxygens (including phenoxy) is 1. The third-order valence-electron chi connectivity index (χ3n) is 2.63. The van der Waals surface area contributed by atoms with Gasteiger partial charge in [0.15, 0.2) is 0 Å². The Kier molecular flexibility index (Phi) is 6.79. The van der Waals surface area contributed by atoms with Crippen molar-refractivity contribution in [3.8, 4) is 17.1 Å².